The molecule has 1 N–H and O–H groups in total. The summed E-state index contributed by atoms with van der Waals surface area (Å²) in [5.74, 6) is -0.870. The summed E-state index contributed by atoms with van der Waals surface area (Å²) >= 11 is 4.12. The predicted molar refractivity (Wildman–Crippen MR) is 79.3 cm³/mol. The van der Waals surface area contributed by atoms with E-state index in [4.69, 9.17) is 0 Å². The lowest BCUT2D eigenvalue weighted by Crippen LogP contribution is -2.33. The molecule has 0 fully saturated rings. The molecule has 0 aliphatic carbocycles. The molecule has 1 aromatic carbocycles. The third kappa shape index (κ3) is 5.64. The minimum absolute atomic E-state index is 0.0623. The monoisotopic (exact) mass is 283 g/mol. The van der Waals surface area contributed by atoms with Crippen molar-refractivity contribution in [3.63, 3.8) is 0 Å². The van der Waals surface area contributed by atoms with Crippen LogP contribution in [0.25, 0.3) is 0 Å². The summed E-state index contributed by atoms with van der Waals surface area (Å²) in [7, 11) is 0. The second-order valence-corrected chi connectivity index (χ2v) is 5.40. The van der Waals surface area contributed by atoms with Crippen LogP contribution >= 0.6 is 12.6 Å². The number of halogens is 1. The van der Waals surface area contributed by atoms with Crippen LogP contribution in [0.5, 0.6) is 0 Å². The molecule has 1 rings (SSSR count). The summed E-state index contributed by atoms with van der Waals surface area (Å²) in [6, 6.07) is 4.32. The Bertz CT molecular complexity index is 423. The summed E-state index contributed by atoms with van der Waals surface area (Å²) in [6.07, 6.45) is 5.60. The van der Waals surface area contributed by atoms with Gasteiger partial charge in [0.1, 0.15) is 5.82 Å². The third-order valence-electron chi connectivity index (χ3n) is 3.06. The van der Waals surface area contributed by atoms with Crippen molar-refractivity contribution >= 4 is 18.5 Å². The standard InChI is InChI=1S/C15H22FNOS/c1-3-4-5-6-7-11(2)17-15(18)13-10-12(19)8-9-14(13)16/h8-11,19H,3-7H2,1-2H3,(H,17,18). The first-order valence-corrected chi connectivity index (χ1v) is 7.28. The number of rotatable bonds is 7. The maximum absolute atomic E-state index is 13.5. The number of unbranched alkanes of at least 4 members (excludes halogenated alkanes) is 3. The molecule has 19 heavy (non-hydrogen) atoms. The Kier molecular flexibility index (Phi) is 6.92. The van der Waals surface area contributed by atoms with Crippen LogP contribution in [0.1, 0.15) is 56.3 Å². The molecule has 1 aromatic rings. The topological polar surface area (TPSA) is 29.1 Å². The van der Waals surface area contributed by atoms with Crippen LogP contribution < -0.4 is 5.32 Å². The highest BCUT2D eigenvalue weighted by atomic mass is 32.1. The van der Waals surface area contributed by atoms with E-state index < -0.39 is 5.82 Å². The fourth-order valence-electron chi connectivity index (χ4n) is 1.94. The van der Waals surface area contributed by atoms with Crippen LogP contribution in [-0.4, -0.2) is 11.9 Å². The van der Waals surface area contributed by atoms with E-state index in [2.05, 4.69) is 24.9 Å². The van der Waals surface area contributed by atoms with Gasteiger partial charge in [-0.15, -0.1) is 12.6 Å². The highest BCUT2D eigenvalue weighted by Gasteiger charge is 2.14. The SMILES string of the molecule is CCCCCCC(C)NC(=O)c1cc(S)ccc1F. The second kappa shape index (κ2) is 8.20. The average Bonchev–Trinajstić information content (AvgIpc) is 2.37. The van der Waals surface area contributed by atoms with Crippen molar-refractivity contribution in [1.82, 2.24) is 5.32 Å². The van der Waals surface area contributed by atoms with Gasteiger partial charge >= 0.3 is 0 Å². The fourth-order valence-corrected chi connectivity index (χ4v) is 2.14. The molecule has 0 aliphatic rings. The lowest BCUT2D eigenvalue weighted by Gasteiger charge is -2.14. The smallest absolute Gasteiger partial charge is 0.254 e. The van der Waals surface area contributed by atoms with E-state index in [1.807, 2.05) is 6.92 Å². The van der Waals surface area contributed by atoms with Gasteiger partial charge in [0, 0.05) is 10.9 Å². The number of carbonyl (C=O) groups excluding carboxylic acids is 1. The Labute approximate surface area is 120 Å². The van der Waals surface area contributed by atoms with Gasteiger partial charge in [-0.3, -0.25) is 4.79 Å². The van der Waals surface area contributed by atoms with E-state index in [0.717, 1.165) is 12.8 Å². The third-order valence-corrected chi connectivity index (χ3v) is 3.34. The Morgan fingerprint density at radius 1 is 1.37 bits per heavy atom. The first-order valence-electron chi connectivity index (χ1n) is 6.84. The quantitative estimate of drug-likeness (QED) is 0.570. The first kappa shape index (κ1) is 16.0. The zero-order chi connectivity index (χ0) is 14.3. The summed E-state index contributed by atoms with van der Waals surface area (Å²) in [6.45, 7) is 4.12. The number of benzene rings is 1. The van der Waals surface area contributed by atoms with E-state index in [0.29, 0.717) is 4.90 Å². The zero-order valence-electron chi connectivity index (χ0n) is 11.6. The largest absolute Gasteiger partial charge is 0.349 e. The van der Waals surface area contributed by atoms with E-state index in [-0.39, 0.29) is 17.5 Å². The number of carbonyl (C=O) groups is 1. The van der Waals surface area contributed by atoms with Crippen molar-refractivity contribution in [2.24, 2.45) is 0 Å². The molecule has 0 aromatic heterocycles. The van der Waals surface area contributed by atoms with Crippen LogP contribution in [0.15, 0.2) is 23.1 Å². The first-order chi connectivity index (χ1) is 9.04. The molecular weight excluding hydrogens is 261 g/mol. The molecule has 0 aliphatic heterocycles. The van der Waals surface area contributed by atoms with Gasteiger partial charge in [-0.05, 0) is 31.5 Å². The highest BCUT2D eigenvalue weighted by Crippen LogP contribution is 2.14. The highest BCUT2D eigenvalue weighted by molar-refractivity contribution is 7.80. The lowest BCUT2D eigenvalue weighted by molar-refractivity contribution is 0.0933. The summed E-state index contributed by atoms with van der Waals surface area (Å²) in [4.78, 5) is 12.5. The fraction of sp³-hybridized carbons (Fsp3) is 0.533. The molecule has 0 radical (unpaired) electrons. The van der Waals surface area contributed by atoms with Crippen LogP contribution in [0.2, 0.25) is 0 Å². The molecule has 0 spiro atoms. The molecule has 0 bridgehead atoms. The molecule has 1 atom stereocenters. The minimum Gasteiger partial charge on any atom is -0.349 e. The number of thiol groups is 1. The van der Waals surface area contributed by atoms with E-state index in [1.54, 1.807) is 0 Å². The van der Waals surface area contributed by atoms with Gasteiger partial charge in [0.25, 0.3) is 5.91 Å². The van der Waals surface area contributed by atoms with Gasteiger partial charge < -0.3 is 5.32 Å². The van der Waals surface area contributed by atoms with Gasteiger partial charge in [0.2, 0.25) is 0 Å². The van der Waals surface area contributed by atoms with Crippen LogP contribution in [0.4, 0.5) is 4.39 Å². The van der Waals surface area contributed by atoms with Crippen molar-refractivity contribution in [3.8, 4) is 0 Å². The number of amides is 1. The average molecular weight is 283 g/mol. The van der Waals surface area contributed by atoms with Crippen molar-refractivity contribution in [2.75, 3.05) is 0 Å². The molecule has 0 heterocycles. The lowest BCUT2D eigenvalue weighted by atomic mass is 10.1. The van der Waals surface area contributed by atoms with Gasteiger partial charge in [-0.1, -0.05) is 32.6 Å². The summed E-state index contributed by atoms with van der Waals surface area (Å²) < 4.78 is 13.5. The van der Waals surface area contributed by atoms with Crippen LogP contribution in [0.3, 0.4) is 0 Å². The van der Waals surface area contributed by atoms with Crippen molar-refractivity contribution in [2.45, 2.75) is 56.9 Å². The van der Waals surface area contributed by atoms with Crippen molar-refractivity contribution < 1.29 is 9.18 Å². The Hall–Kier alpha value is -1.03. The van der Waals surface area contributed by atoms with Gasteiger partial charge in [-0.25, -0.2) is 4.39 Å². The predicted octanol–water partition coefficient (Wildman–Crippen LogP) is 4.20. The summed E-state index contributed by atoms with van der Waals surface area (Å²) in [5.41, 5.74) is 0.0629. The minimum atomic E-state index is -0.506. The number of nitrogens with one attached hydrogen (secondary N) is 1. The Morgan fingerprint density at radius 3 is 2.79 bits per heavy atom. The molecular formula is C15H22FNOS. The normalized spacial score (nSPS) is 12.2. The maximum atomic E-state index is 13.5. The van der Waals surface area contributed by atoms with Gasteiger partial charge in [0.05, 0.1) is 5.56 Å². The van der Waals surface area contributed by atoms with E-state index in [9.17, 15) is 9.18 Å². The molecule has 106 valence electrons. The van der Waals surface area contributed by atoms with Crippen LogP contribution in [-0.2, 0) is 0 Å². The van der Waals surface area contributed by atoms with E-state index >= 15 is 0 Å². The van der Waals surface area contributed by atoms with Crippen molar-refractivity contribution in [1.29, 1.82) is 0 Å². The van der Waals surface area contributed by atoms with Crippen molar-refractivity contribution in [3.05, 3.63) is 29.6 Å². The Balaban J connectivity index is 2.47. The second-order valence-electron chi connectivity index (χ2n) is 4.89. The number of hydrogen-bond acceptors (Lipinski definition) is 2. The number of hydrogen-bond donors (Lipinski definition) is 2. The van der Waals surface area contributed by atoms with E-state index in [1.165, 1.54) is 37.5 Å². The molecule has 4 heteroatoms. The summed E-state index contributed by atoms with van der Waals surface area (Å²) in [5, 5.41) is 2.83. The Morgan fingerprint density at radius 2 is 2.11 bits per heavy atom. The van der Waals surface area contributed by atoms with Crippen LogP contribution in [0, 0.1) is 5.82 Å². The molecule has 1 unspecified atom stereocenters. The molecule has 2 nitrogen and oxygen atoms in total. The molecule has 1 amide bonds. The maximum Gasteiger partial charge on any atom is 0.254 e. The van der Waals surface area contributed by atoms with Gasteiger partial charge in [-0.2, -0.15) is 0 Å². The van der Waals surface area contributed by atoms with Gasteiger partial charge in [0.15, 0.2) is 0 Å². The molecule has 0 saturated carbocycles. The molecule has 0 saturated heterocycles. The zero-order valence-corrected chi connectivity index (χ0v) is 12.5.